The number of benzene rings is 1. The Balaban J connectivity index is 1.37. The fourth-order valence-corrected chi connectivity index (χ4v) is 4.27. The van der Waals surface area contributed by atoms with Gasteiger partial charge in [-0.3, -0.25) is 14.0 Å². The van der Waals surface area contributed by atoms with E-state index in [1.165, 1.54) is 19.2 Å². The number of amides is 1. The van der Waals surface area contributed by atoms with E-state index in [-0.39, 0.29) is 29.6 Å². The molecule has 0 aliphatic carbocycles. The average molecular weight is 507 g/mol. The molecule has 0 fully saturated rings. The molecule has 1 unspecified atom stereocenters. The lowest BCUT2D eigenvalue weighted by atomic mass is 9.91. The number of methoxy groups -OCH3 is 1. The molecule has 194 valence electrons. The highest BCUT2D eigenvalue weighted by molar-refractivity contribution is 5.77. The Labute approximate surface area is 213 Å². The smallest absolute Gasteiger partial charge is 0.227 e. The van der Waals surface area contributed by atoms with E-state index in [4.69, 9.17) is 9.15 Å². The van der Waals surface area contributed by atoms with E-state index in [9.17, 15) is 19.8 Å². The molecule has 4 aromatic rings. The van der Waals surface area contributed by atoms with Gasteiger partial charge in [-0.05, 0) is 49.6 Å². The van der Waals surface area contributed by atoms with Crippen LogP contribution < -0.4 is 15.5 Å². The summed E-state index contributed by atoms with van der Waals surface area (Å²) in [6.45, 7) is 2.08. The van der Waals surface area contributed by atoms with Crippen LogP contribution in [0, 0.1) is 6.92 Å². The average Bonchev–Trinajstić information content (AvgIpc) is 3.30. The van der Waals surface area contributed by atoms with Crippen molar-refractivity contribution in [2.75, 3.05) is 13.7 Å². The van der Waals surface area contributed by atoms with Gasteiger partial charge < -0.3 is 24.7 Å². The molecule has 37 heavy (non-hydrogen) atoms. The van der Waals surface area contributed by atoms with Gasteiger partial charge in [-0.25, -0.2) is 0 Å². The molecule has 0 spiro atoms. The number of pyridine rings is 1. The molecule has 0 aliphatic heterocycles. The Morgan fingerprint density at radius 1 is 1.14 bits per heavy atom. The van der Waals surface area contributed by atoms with E-state index in [1.807, 2.05) is 28.8 Å². The molecule has 10 heteroatoms. The van der Waals surface area contributed by atoms with E-state index in [0.717, 1.165) is 37.2 Å². The van der Waals surface area contributed by atoms with Crippen LogP contribution in [0.2, 0.25) is 0 Å². The molecule has 0 radical (unpaired) electrons. The number of aryl methyl sites for hydroxylation is 2. The highest BCUT2D eigenvalue weighted by atomic mass is 16.5. The Morgan fingerprint density at radius 3 is 2.78 bits per heavy atom. The maximum atomic E-state index is 12.9. The van der Waals surface area contributed by atoms with Crippen LogP contribution in [-0.2, 0) is 11.2 Å². The molecule has 1 atom stereocenters. The molecule has 4 rings (SSSR count). The lowest BCUT2D eigenvalue weighted by Crippen LogP contribution is -2.26. The molecule has 0 saturated carbocycles. The van der Waals surface area contributed by atoms with Crippen LogP contribution in [0.4, 0.5) is 0 Å². The number of ether oxygens (including phenoxy) is 1. The number of carbonyl (C=O) groups excluding carboxylic acids is 1. The van der Waals surface area contributed by atoms with Crippen LogP contribution in [0.5, 0.6) is 17.2 Å². The van der Waals surface area contributed by atoms with Crippen molar-refractivity contribution in [2.24, 2.45) is 0 Å². The lowest BCUT2D eigenvalue weighted by Gasteiger charge is -2.19. The van der Waals surface area contributed by atoms with Crippen molar-refractivity contribution in [3.05, 3.63) is 81.8 Å². The summed E-state index contributed by atoms with van der Waals surface area (Å²) in [6.07, 6.45) is 5.25. The van der Waals surface area contributed by atoms with Gasteiger partial charge in [-0.15, -0.1) is 10.2 Å². The van der Waals surface area contributed by atoms with Crippen molar-refractivity contribution in [3.8, 4) is 17.2 Å². The number of nitrogens with one attached hydrogen (secondary N) is 1. The Morgan fingerprint density at radius 2 is 1.97 bits per heavy atom. The van der Waals surface area contributed by atoms with Gasteiger partial charge in [0.1, 0.15) is 11.6 Å². The zero-order valence-electron chi connectivity index (χ0n) is 20.8. The number of hydrogen-bond acceptors (Lipinski definition) is 8. The molecule has 0 aliphatic rings. The van der Waals surface area contributed by atoms with Crippen molar-refractivity contribution in [1.82, 2.24) is 19.9 Å². The summed E-state index contributed by atoms with van der Waals surface area (Å²) in [5, 5.41) is 31.7. The first-order chi connectivity index (χ1) is 17.9. The van der Waals surface area contributed by atoms with Gasteiger partial charge in [0, 0.05) is 31.6 Å². The van der Waals surface area contributed by atoms with Crippen molar-refractivity contribution >= 4 is 11.6 Å². The second kappa shape index (κ2) is 11.6. The van der Waals surface area contributed by atoms with Crippen LogP contribution in [0.25, 0.3) is 5.65 Å². The summed E-state index contributed by atoms with van der Waals surface area (Å²) in [4.78, 5) is 25.1. The van der Waals surface area contributed by atoms with Gasteiger partial charge in [0.05, 0.1) is 13.0 Å². The number of phenols is 1. The molecular formula is C27H30N4O6. The first-order valence-electron chi connectivity index (χ1n) is 12.1. The van der Waals surface area contributed by atoms with Gasteiger partial charge in [-0.1, -0.05) is 18.6 Å². The topological polar surface area (TPSA) is 139 Å². The van der Waals surface area contributed by atoms with Crippen molar-refractivity contribution in [3.63, 3.8) is 0 Å². The van der Waals surface area contributed by atoms with Gasteiger partial charge in [0.2, 0.25) is 17.1 Å². The Kier molecular flexibility index (Phi) is 8.07. The van der Waals surface area contributed by atoms with E-state index in [0.29, 0.717) is 17.9 Å². The number of unbranched alkanes of at least 4 members (excludes halogenated alkanes) is 2. The summed E-state index contributed by atoms with van der Waals surface area (Å²) in [7, 11) is 1.41. The van der Waals surface area contributed by atoms with E-state index in [2.05, 4.69) is 15.5 Å². The highest BCUT2D eigenvalue weighted by Crippen LogP contribution is 2.37. The predicted molar refractivity (Wildman–Crippen MR) is 136 cm³/mol. The van der Waals surface area contributed by atoms with Crippen LogP contribution in [0.15, 0.2) is 57.9 Å². The molecule has 1 amide bonds. The summed E-state index contributed by atoms with van der Waals surface area (Å²) in [5.74, 6) is -0.209. The van der Waals surface area contributed by atoms with Gasteiger partial charge in [-0.2, -0.15) is 0 Å². The monoisotopic (exact) mass is 506 g/mol. The van der Waals surface area contributed by atoms with Gasteiger partial charge in [0.15, 0.2) is 22.9 Å². The van der Waals surface area contributed by atoms with Crippen LogP contribution in [0.3, 0.4) is 0 Å². The fourth-order valence-electron chi connectivity index (χ4n) is 4.27. The maximum absolute atomic E-state index is 12.9. The molecule has 0 saturated heterocycles. The quantitative estimate of drug-likeness (QED) is 0.263. The molecular weight excluding hydrogens is 476 g/mol. The highest BCUT2D eigenvalue weighted by Gasteiger charge is 2.26. The first kappa shape index (κ1) is 25.7. The fraction of sp³-hybridized carbons (Fsp3) is 0.333. The maximum Gasteiger partial charge on any atom is 0.227 e. The standard InChI is InChI=1S/C27H30N4O6/c1-17-14-21(33)26(35)27(37-17)19(18-10-11-20(32)22(15-18)36-2)16-25(34)28-12-6-3-4-8-23-29-30-24-9-5-7-13-31(23)24/h5,7,9-11,13-15,19,32,35H,3-4,6,8,12,16H2,1-2H3,(H,28,34). The number of fused-ring (bicyclic) bond motifs is 1. The summed E-state index contributed by atoms with van der Waals surface area (Å²) >= 11 is 0. The number of aromatic hydroxyl groups is 2. The first-order valence-corrected chi connectivity index (χ1v) is 12.1. The zero-order valence-corrected chi connectivity index (χ0v) is 20.8. The van der Waals surface area contributed by atoms with E-state index >= 15 is 0 Å². The van der Waals surface area contributed by atoms with Crippen molar-refractivity contribution in [2.45, 2.75) is 44.9 Å². The van der Waals surface area contributed by atoms with E-state index < -0.39 is 17.1 Å². The third kappa shape index (κ3) is 6.08. The Hall–Kier alpha value is -4.34. The second-order valence-electron chi connectivity index (χ2n) is 8.83. The predicted octanol–water partition coefficient (Wildman–Crippen LogP) is 3.46. The van der Waals surface area contributed by atoms with Crippen LogP contribution in [0.1, 0.15) is 54.5 Å². The number of rotatable bonds is 11. The number of hydrogen-bond donors (Lipinski definition) is 3. The summed E-state index contributed by atoms with van der Waals surface area (Å²) in [5.41, 5.74) is 0.783. The summed E-state index contributed by atoms with van der Waals surface area (Å²) < 4.78 is 12.9. The molecule has 1 aromatic carbocycles. The molecule has 3 heterocycles. The lowest BCUT2D eigenvalue weighted by molar-refractivity contribution is -0.121. The summed E-state index contributed by atoms with van der Waals surface area (Å²) in [6, 6.07) is 11.6. The minimum absolute atomic E-state index is 0.00609. The van der Waals surface area contributed by atoms with Gasteiger partial charge in [0.25, 0.3) is 0 Å². The normalized spacial score (nSPS) is 11.9. The Bertz CT molecular complexity index is 1440. The largest absolute Gasteiger partial charge is 0.504 e. The molecule has 3 N–H and O–H groups in total. The van der Waals surface area contributed by atoms with Crippen molar-refractivity contribution < 1.29 is 24.2 Å². The molecule has 10 nitrogen and oxygen atoms in total. The minimum Gasteiger partial charge on any atom is -0.504 e. The molecule has 3 aromatic heterocycles. The van der Waals surface area contributed by atoms with Crippen molar-refractivity contribution in [1.29, 1.82) is 0 Å². The minimum atomic E-state index is -0.761. The molecule has 0 bridgehead atoms. The second-order valence-corrected chi connectivity index (χ2v) is 8.83. The third-order valence-corrected chi connectivity index (χ3v) is 6.17. The zero-order chi connectivity index (χ0) is 26.4. The number of carbonyl (C=O) groups is 1. The number of aromatic nitrogens is 3. The number of phenolic OH excluding ortho intramolecular Hbond substituents is 1. The van der Waals surface area contributed by atoms with E-state index in [1.54, 1.807) is 19.1 Å². The van der Waals surface area contributed by atoms with Gasteiger partial charge >= 0.3 is 0 Å². The SMILES string of the molecule is COc1cc(C(CC(=O)NCCCCCc2nnc3ccccn23)c2oc(C)cc(=O)c2O)ccc1O. The number of nitrogens with zero attached hydrogens (tertiary/aromatic N) is 3. The third-order valence-electron chi connectivity index (χ3n) is 6.17. The van der Waals surface area contributed by atoms with Crippen LogP contribution >= 0.6 is 0 Å². The van der Waals surface area contributed by atoms with Crippen LogP contribution in [-0.4, -0.2) is 44.4 Å².